The fraction of sp³-hybridized carbons (Fsp3) is 0.409. The Morgan fingerprint density at radius 3 is 2.30 bits per heavy atom. The van der Waals surface area contributed by atoms with E-state index in [1.165, 1.54) is 24.0 Å². The van der Waals surface area contributed by atoms with Crippen LogP contribution in [0.5, 0.6) is 5.75 Å². The number of nitrogens with one attached hydrogen (secondary N) is 1. The molecule has 0 radical (unpaired) electrons. The van der Waals surface area contributed by atoms with Gasteiger partial charge in [-0.15, -0.1) is 12.4 Å². The van der Waals surface area contributed by atoms with Gasteiger partial charge in [-0.3, -0.25) is 9.69 Å². The first-order valence-electron chi connectivity index (χ1n) is 9.49. The number of carbonyl (C=O) groups excluding carboxylic acids is 1. The molecule has 1 saturated heterocycles. The van der Waals surface area contributed by atoms with Crippen molar-refractivity contribution in [1.29, 1.82) is 0 Å². The minimum atomic E-state index is -0.0376. The van der Waals surface area contributed by atoms with Crippen LogP contribution in [0.3, 0.4) is 0 Å². The van der Waals surface area contributed by atoms with E-state index in [1.54, 1.807) is 0 Å². The molecule has 1 amide bonds. The van der Waals surface area contributed by atoms with Crippen LogP contribution in [0.2, 0.25) is 0 Å². The number of ether oxygens (including phenoxy) is 1. The molecular formula is C22H29ClN2O2. The molecule has 0 bridgehead atoms. The van der Waals surface area contributed by atoms with E-state index in [0.29, 0.717) is 18.7 Å². The summed E-state index contributed by atoms with van der Waals surface area (Å²) in [5.74, 6) is 0.753. The minimum Gasteiger partial charge on any atom is -0.494 e. The Bertz CT molecular complexity index is 710. The third kappa shape index (κ3) is 5.72. The molecule has 146 valence electrons. The molecule has 0 saturated carbocycles. The van der Waals surface area contributed by atoms with Crippen LogP contribution in [0, 0.1) is 6.92 Å². The highest BCUT2D eigenvalue weighted by atomic mass is 35.5. The van der Waals surface area contributed by atoms with Crippen molar-refractivity contribution < 1.29 is 9.53 Å². The Kier molecular flexibility index (Phi) is 8.14. The highest BCUT2D eigenvalue weighted by molar-refractivity contribution is 5.94. The monoisotopic (exact) mass is 388 g/mol. The second kappa shape index (κ2) is 10.3. The van der Waals surface area contributed by atoms with Gasteiger partial charge in [0.2, 0.25) is 0 Å². The van der Waals surface area contributed by atoms with Gasteiger partial charge in [-0.05, 0) is 69.6 Å². The van der Waals surface area contributed by atoms with Crippen molar-refractivity contribution >= 4 is 18.3 Å². The van der Waals surface area contributed by atoms with Crippen LogP contribution in [0.1, 0.15) is 47.3 Å². The minimum absolute atomic E-state index is 0. The summed E-state index contributed by atoms with van der Waals surface area (Å²) < 4.78 is 5.44. The van der Waals surface area contributed by atoms with Crippen LogP contribution in [0.15, 0.2) is 48.5 Å². The standard InChI is InChI=1S/C22H28N2O2.ClH/c1-3-26-20-12-10-19(11-13-20)22(25)23-16-21(24-14-4-5-15-24)18-8-6-17(2)7-9-18;/h6-13,21H,3-5,14-16H2,1-2H3,(H,23,25);1H. The molecule has 0 aliphatic carbocycles. The fourth-order valence-corrected chi connectivity index (χ4v) is 3.46. The van der Waals surface area contributed by atoms with E-state index in [9.17, 15) is 4.79 Å². The van der Waals surface area contributed by atoms with Crippen molar-refractivity contribution in [2.45, 2.75) is 32.7 Å². The molecule has 1 unspecified atom stereocenters. The van der Waals surface area contributed by atoms with Gasteiger partial charge < -0.3 is 10.1 Å². The third-order valence-electron chi connectivity index (χ3n) is 4.93. The second-order valence-electron chi connectivity index (χ2n) is 6.84. The van der Waals surface area contributed by atoms with Crippen molar-refractivity contribution in [3.05, 3.63) is 65.2 Å². The number of amides is 1. The highest BCUT2D eigenvalue weighted by Crippen LogP contribution is 2.25. The van der Waals surface area contributed by atoms with Crippen molar-refractivity contribution in [1.82, 2.24) is 10.2 Å². The van der Waals surface area contributed by atoms with Crippen LogP contribution >= 0.6 is 12.4 Å². The molecule has 4 nitrogen and oxygen atoms in total. The molecule has 1 heterocycles. The molecule has 0 spiro atoms. The van der Waals surface area contributed by atoms with E-state index >= 15 is 0 Å². The van der Waals surface area contributed by atoms with Crippen LogP contribution in [-0.2, 0) is 0 Å². The number of aryl methyl sites for hydroxylation is 1. The number of hydrogen-bond donors (Lipinski definition) is 1. The Labute approximate surface area is 168 Å². The summed E-state index contributed by atoms with van der Waals surface area (Å²) in [6.45, 7) is 7.48. The first-order valence-corrected chi connectivity index (χ1v) is 9.49. The van der Waals surface area contributed by atoms with Gasteiger partial charge in [0.25, 0.3) is 5.91 Å². The average molecular weight is 389 g/mol. The van der Waals surface area contributed by atoms with Crippen molar-refractivity contribution in [2.24, 2.45) is 0 Å². The van der Waals surface area contributed by atoms with Gasteiger partial charge in [-0.2, -0.15) is 0 Å². The molecule has 5 heteroatoms. The number of benzene rings is 2. The SMILES string of the molecule is CCOc1ccc(C(=O)NCC(c2ccc(C)cc2)N2CCCC2)cc1.Cl. The lowest BCUT2D eigenvalue weighted by Gasteiger charge is -2.28. The van der Waals surface area contributed by atoms with Crippen molar-refractivity contribution in [2.75, 3.05) is 26.2 Å². The van der Waals surface area contributed by atoms with E-state index in [0.717, 1.165) is 18.8 Å². The smallest absolute Gasteiger partial charge is 0.251 e. The van der Waals surface area contributed by atoms with Crippen molar-refractivity contribution in [3.8, 4) is 5.75 Å². The molecule has 1 aliphatic rings. The maximum Gasteiger partial charge on any atom is 0.251 e. The van der Waals surface area contributed by atoms with Crippen LogP contribution in [0.25, 0.3) is 0 Å². The van der Waals surface area contributed by atoms with E-state index in [1.807, 2.05) is 31.2 Å². The molecule has 27 heavy (non-hydrogen) atoms. The first kappa shape index (κ1) is 21.3. The summed E-state index contributed by atoms with van der Waals surface area (Å²) in [7, 11) is 0. The summed E-state index contributed by atoms with van der Waals surface area (Å²) >= 11 is 0. The predicted octanol–water partition coefficient (Wildman–Crippen LogP) is 4.38. The highest BCUT2D eigenvalue weighted by Gasteiger charge is 2.24. The van der Waals surface area contributed by atoms with Crippen LogP contribution in [-0.4, -0.2) is 37.0 Å². The molecule has 1 N–H and O–H groups in total. The summed E-state index contributed by atoms with van der Waals surface area (Å²) in [6.07, 6.45) is 2.46. The van der Waals surface area contributed by atoms with Gasteiger partial charge in [-0.1, -0.05) is 29.8 Å². The summed E-state index contributed by atoms with van der Waals surface area (Å²) in [5, 5.41) is 3.12. The van der Waals surface area contributed by atoms with E-state index in [4.69, 9.17) is 4.74 Å². The molecule has 1 aliphatic heterocycles. The lowest BCUT2D eigenvalue weighted by molar-refractivity contribution is 0.0938. The van der Waals surface area contributed by atoms with Gasteiger partial charge >= 0.3 is 0 Å². The van der Waals surface area contributed by atoms with Gasteiger partial charge in [0.1, 0.15) is 5.75 Å². The Morgan fingerprint density at radius 1 is 1.07 bits per heavy atom. The van der Waals surface area contributed by atoms with E-state index < -0.39 is 0 Å². The largest absolute Gasteiger partial charge is 0.494 e. The zero-order valence-corrected chi connectivity index (χ0v) is 16.9. The zero-order chi connectivity index (χ0) is 18.4. The third-order valence-corrected chi connectivity index (χ3v) is 4.93. The number of likely N-dealkylation sites (tertiary alicyclic amines) is 1. The Morgan fingerprint density at radius 2 is 1.70 bits per heavy atom. The molecule has 0 aromatic heterocycles. The van der Waals surface area contributed by atoms with Gasteiger partial charge in [0.05, 0.1) is 12.6 Å². The van der Waals surface area contributed by atoms with Crippen LogP contribution < -0.4 is 10.1 Å². The van der Waals surface area contributed by atoms with Crippen molar-refractivity contribution in [3.63, 3.8) is 0 Å². The lowest BCUT2D eigenvalue weighted by atomic mass is 10.0. The zero-order valence-electron chi connectivity index (χ0n) is 16.1. The topological polar surface area (TPSA) is 41.6 Å². The normalized spacial score (nSPS) is 15.0. The summed E-state index contributed by atoms with van der Waals surface area (Å²) in [6, 6.07) is 16.2. The number of rotatable bonds is 7. The Hall–Kier alpha value is -2.04. The quantitative estimate of drug-likeness (QED) is 0.765. The fourth-order valence-electron chi connectivity index (χ4n) is 3.46. The number of nitrogens with zero attached hydrogens (tertiary/aromatic N) is 1. The first-order chi connectivity index (χ1) is 12.7. The molecule has 2 aromatic rings. The lowest BCUT2D eigenvalue weighted by Crippen LogP contribution is -2.36. The van der Waals surface area contributed by atoms with Gasteiger partial charge in [0.15, 0.2) is 0 Å². The van der Waals surface area contributed by atoms with Gasteiger partial charge in [0, 0.05) is 12.1 Å². The second-order valence-corrected chi connectivity index (χ2v) is 6.84. The maximum atomic E-state index is 12.5. The predicted molar refractivity (Wildman–Crippen MR) is 112 cm³/mol. The van der Waals surface area contributed by atoms with E-state index in [-0.39, 0.29) is 24.4 Å². The molecular weight excluding hydrogens is 360 g/mol. The van der Waals surface area contributed by atoms with Crippen LogP contribution in [0.4, 0.5) is 0 Å². The molecule has 1 fully saturated rings. The van der Waals surface area contributed by atoms with E-state index in [2.05, 4.69) is 41.4 Å². The molecule has 2 aromatic carbocycles. The maximum absolute atomic E-state index is 12.5. The summed E-state index contributed by atoms with van der Waals surface area (Å²) in [5.41, 5.74) is 3.19. The number of halogens is 1. The number of carbonyl (C=O) groups is 1. The molecule has 3 rings (SSSR count). The summed E-state index contributed by atoms with van der Waals surface area (Å²) in [4.78, 5) is 15.0. The molecule has 1 atom stereocenters. The average Bonchev–Trinajstić information content (AvgIpc) is 3.18. The Balaban J connectivity index is 0.00000261. The number of hydrogen-bond acceptors (Lipinski definition) is 3. The van der Waals surface area contributed by atoms with Gasteiger partial charge in [-0.25, -0.2) is 0 Å².